The molecule has 0 fully saturated rings. The molecule has 0 aromatic rings. The Bertz CT molecular complexity index is 343. The molecule has 0 rings (SSSR count). The summed E-state index contributed by atoms with van der Waals surface area (Å²) in [6.45, 7) is 2.14. The van der Waals surface area contributed by atoms with Crippen LogP contribution in [0.25, 0.3) is 0 Å². The number of ketones is 1. The summed E-state index contributed by atoms with van der Waals surface area (Å²) in [5.41, 5.74) is 0. The number of hydrogen-bond donors (Lipinski definition) is 0. The molecule has 0 heterocycles. The van der Waals surface area contributed by atoms with E-state index in [2.05, 4.69) is 17.7 Å². The van der Waals surface area contributed by atoms with Gasteiger partial charge in [0, 0.05) is 12.8 Å². The standard InChI is InChI=1S/C19H32O3/c1-3-4-12-15-18(20)16-13-10-8-6-5-7-9-11-14-17-19(21)22-2/h8,10,13,16H,3-7,9,11-12,14-15,17H2,1-2H3/b10-8+,16-13+. The molecule has 0 aliphatic rings. The van der Waals surface area contributed by atoms with Crippen LogP contribution in [0, 0.1) is 0 Å². The van der Waals surface area contributed by atoms with Gasteiger partial charge in [0.25, 0.3) is 0 Å². The van der Waals surface area contributed by atoms with Gasteiger partial charge in [0.05, 0.1) is 7.11 Å². The van der Waals surface area contributed by atoms with Crippen molar-refractivity contribution in [3.05, 3.63) is 24.3 Å². The molecule has 0 N–H and O–H groups in total. The van der Waals surface area contributed by atoms with E-state index in [9.17, 15) is 9.59 Å². The first kappa shape index (κ1) is 20.6. The fourth-order valence-electron chi connectivity index (χ4n) is 2.13. The van der Waals surface area contributed by atoms with E-state index in [4.69, 9.17) is 0 Å². The molecule has 0 unspecified atom stereocenters. The smallest absolute Gasteiger partial charge is 0.305 e. The predicted molar refractivity (Wildman–Crippen MR) is 91.8 cm³/mol. The fraction of sp³-hybridized carbons (Fsp3) is 0.684. The third-order valence-corrected chi connectivity index (χ3v) is 3.54. The molecule has 126 valence electrons. The van der Waals surface area contributed by atoms with E-state index in [1.807, 2.05) is 12.2 Å². The first-order valence-corrected chi connectivity index (χ1v) is 8.63. The van der Waals surface area contributed by atoms with Gasteiger partial charge in [0.15, 0.2) is 5.78 Å². The summed E-state index contributed by atoms with van der Waals surface area (Å²) in [6, 6.07) is 0. The van der Waals surface area contributed by atoms with Crippen LogP contribution in [-0.4, -0.2) is 18.9 Å². The van der Waals surface area contributed by atoms with Crippen molar-refractivity contribution in [2.75, 3.05) is 7.11 Å². The van der Waals surface area contributed by atoms with Crippen molar-refractivity contribution < 1.29 is 14.3 Å². The number of esters is 1. The molecule has 0 aromatic carbocycles. The number of hydrogen-bond acceptors (Lipinski definition) is 3. The molecule has 3 nitrogen and oxygen atoms in total. The van der Waals surface area contributed by atoms with Gasteiger partial charge in [-0.3, -0.25) is 9.59 Å². The van der Waals surface area contributed by atoms with E-state index in [-0.39, 0.29) is 11.8 Å². The van der Waals surface area contributed by atoms with E-state index in [1.54, 1.807) is 6.08 Å². The molecule has 0 bridgehead atoms. The molecule has 0 saturated carbocycles. The van der Waals surface area contributed by atoms with Crippen LogP contribution in [0.15, 0.2) is 24.3 Å². The second-order valence-electron chi connectivity index (χ2n) is 5.59. The number of ether oxygens (including phenoxy) is 1. The summed E-state index contributed by atoms with van der Waals surface area (Å²) in [6.07, 6.45) is 18.7. The lowest BCUT2D eigenvalue weighted by Crippen LogP contribution is -1.98. The highest BCUT2D eigenvalue weighted by Crippen LogP contribution is 2.08. The fourth-order valence-corrected chi connectivity index (χ4v) is 2.13. The zero-order valence-electron chi connectivity index (χ0n) is 14.3. The summed E-state index contributed by atoms with van der Waals surface area (Å²) >= 11 is 0. The molecule has 3 heteroatoms. The van der Waals surface area contributed by atoms with Crippen molar-refractivity contribution in [2.45, 2.75) is 77.6 Å². The van der Waals surface area contributed by atoms with E-state index in [1.165, 1.54) is 13.5 Å². The Balaban J connectivity index is 3.40. The van der Waals surface area contributed by atoms with Crippen molar-refractivity contribution in [1.82, 2.24) is 0 Å². The van der Waals surface area contributed by atoms with Crippen LogP contribution in [0.2, 0.25) is 0 Å². The quantitative estimate of drug-likeness (QED) is 0.193. The number of allylic oxidation sites excluding steroid dienone is 4. The molecule has 0 saturated heterocycles. The van der Waals surface area contributed by atoms with Crippen molar-refractivity contribution in [3.63, 3.8) is 0 Å². The minimum atomic E-state index is -0.112. The van der Waals surface area contributed by atoms with Gasteiger partial charge in [-0.1, -0.05) is 57.3 Å². The Morgan fingerprint density at radius 1 is 0.864 bits per heavy atom. The largest absolute Gasteiger partial charge is 0.469 e. The molecule has 0 atom stereocenters. The summed E-state index contributed by atoms with van der Waals surface area (Å²) < 4.78 is 4.60. The van der Waals surface area contributed by atoms with E-state index < -0.39 is 0 Å². The molecule has 0 aliphatic carbocycles. The van der Waals surface area contributed by atoms with Crippen LogP contribution in [0.1, 0.15) is 77.6 Å². The molecule has 22 heavy (non-hydrogen) atoms. The maximum Gasteiger partial charge on any atom is 0.305 e. The Morgan fingerprint density at radius 2 is 1.55 bits per heavy atom. The number of carbonyl (C=O) groups excluding carboxylic acids is 2. The first-order chi connectivity index (χ1) is 10.7. The zero-order valence-corrected chi connectivity index (χ0v) is 14.3. The molecule has 0 aromatic heterocycles. The van der Waals surface area contributed by atoms with Crippen LogP contribution in [0.3, 0.4) is 0 Å². The van der Waals surface area contributed by atoms with Crippen LogP contribution in [0.5, 0.6) is 0 Å². The van der Waals surface area contributed by atoms with Gasteiger partial charge >= 0.3 is 5.97 Å². The molecule has 0 amide bonds. The predicted octanol–water partition coefficient (Wildman–Crippen LogP) is 5.15. The molecule has 0 radical (unpaired) electrons. The van der Waals surface area contributed by atoms with Gasteiger partial charge in [-0.2, -0.15) is 0 Å². The minimum Gasteiger partial charge on any atom is -0.469 e. The van der Waals surface area contributed by atoms with Crippen LogP contribution in [0.4, 0.5) is 0 Å². The highest BCUT2D eigenvalue weighted by molar-refractivity contribution is 5.89. The third kappa shape index (κ3) is 15.0. The minimum absolute atomic E-state index is 0.112. The van der Waals surface area contributed by atoms with Crippen molar-refractivity contribution >= 4 is 11.8 Å². The number of methoxy groups -OCH3 is 1. The van der Waals surface area contributed by atoms with Crippen molar-refractivity contribution in [1.29, 1.82) is 0 Å². The van der Waals surface area contributed by atoms with Crippen LogP contribution >= 0.6 is 0 Å². The lowest BCUT2D eigenvalue weighted by atomic mass is 10.1. The average molecular weight is 308 g/mol. The highest BCUT2D eigenvalue weighted by Gasteiger charge is 1.98. The van der Waals surface area contributed by atoms with Crippen LogP contribution < -0.4 is 0 Å². The molecule has 0 aliphatic heterocycles. The number of carbonyl (C=O) groups is 2. The van der Waals surface area contributed by atoms with Gasteiger partial charge in [0.2, 0.25) is 0 Å². The Hall–Kier alpha value is -1.38. The Kier molecular flexibility index (Phi) is 15.0. The van der Waals surface area contributed by atoms with Gasteiger partial charge in [-0.15, -0.1) is 0 Å². The Morgan fingerprint density at radius 3 is 2.27 bits per heavy atom. The number of unbranched alkanes of at least 4 members (excludes halogenated alkanes) is 7. The first-order valence-electron chi connectivity index (χ1n) is 8.63. The summed E-state index contributed by atoms with van der Waals surface area (Å²) in [5.74, 6) is 0.114. The Labute approximate surface area is 135 Å². The van der Waals surface area contributed by atoms with Crippen molar-refractivity contribution in [2.24, 2.45) is 0 Å². The van der Waals surface area contributed by atoms with Gasteiger partial charge in [-0.25, -0.2) is 0 Å². The summed E-state index contributed by atoms with van der Waals surface area (Å²) in [4.78, 5) is 22.4. The monoisotopic (exact) mass is 308 g/mol. The summed E-state index contributed by atoms with van der Waals surface area (Å²) in [7, 11) is 1.43. The van der Waals surface area contributed by atoms with Crippen LogP contribution in [-0.2, 0) is 14.3 Å². The SMILES string of the molecule is CCCCCC(=O)/C=C/C=C/CCCCCCCC(=O)OC. The second-order valence-corrected chi connectivity index (χ2v) is 5.59. The molecular formula is C19H32O3. The van der Waals surface area contributed by atoms with Gasteiger partial charge in [0.1, 0.15) is 0 Å². The zero-order chi connectivity index (χ0) is 16.5. The van der Waals surface area contributed by atoms with Crippen molar-refractivity contribution in [3.8, 4) is 0 Å². The van der Waals surface area contributed by atoms with E-state index in [0.29, 0.717) is 12.8 Å². The maximum absolute atomic E-state index is 11.5. The van der Waals surface area contributed by atoms with E-state index in [0.717, 1.165) is 51.4 Å². The lowest BCUT2D eigenvalue weighted by molar-refractivity contribution is -0.140. The van der Waals surface area contributed by atoms with Gasteiger partial charge < -0.3 is 4.74 Å². The second kappa shape index (κ2) is 16.0. The maximum atomic E-state index is 11.5. The lowest BCUT2D eigenvalue weighted by Gasteiger charge is -1.99. The summed E-state index contributed by atoms with van der Waals surface area (Å²) in [5, 5.41) is 0. The number of rotatable bonds is 14. The molecule has 0 spiro atoms. The normalized spacial score (nSPS) is 11.4. The highest BCUT2D eigenvalue weighted by atomic mass is 16.5. The topological polar surface area (TPSA) is 43.4 Å². The third-order valence-electron chi connectivity index (χ3n) is 3.54. The molecular weight excluding hydrogens is 276 g/mol. The van der Waals surface area contributed by atoms with Gasteiger partial charge in [-0.05, 0) is 31.8 Å². The average Bonchev–Trinajstić information content (AvgIpc) is 2.52. The van der Waals surface area contributed by atoms with E-state index >= 15 is 0 Å².